The molecule has 0 heterocycles. The largest absolute Gasteiger partial charge is 0.377 e. The molecule has 0 aliphatic heterocycles. The predicted molar refractivity (Wildman–Crippen MR) is 72.1 cm³/mol. The summed E-state index contributed by atoms with van der Waals surface area (Å²) in [5.41, 5.74) is -0.271. The second-order valence-corrected chi connectivity index (χ2v) is 7.35. The maximum atomic E-state index is 11.1. The molecular weight excluding hydrogens is 238 g/mol. The van der Waals surface area contributed by atoms with Crippen molar-refractivity contribution in [3.63, 3.8) is 0 Å². The molecule has 0 aliphatic rings. The minimum atomic E-state index is -2.86. The SMILES string of the molecule is CCCNC(CCCS(C)(=O)=O)C(C)(C)OC. The van der Waals surface area contributed by atoms with E-state index in [1.807, 2.05) is 13.8 Å². The molecule has 1 N–H and O–H groups in total. The highest BCUT2D eigenvalue weighted by Crippen LogP contribution is 2.18. The van der Waals surface area contributed by atoms with Crippen molar-refractivity contribution in [1.82, 2.24) is 5.32 Å². The minimum Gasteiger partial charge on any atom is -0.377 e. The van der Waals surface area contributed by atoms with E-state index in [4.69, 9.17) is 4.74 Å². The molecule has 0 spiro atoms. The number of sulfone groups is 1. The van der Waals surface area contributed by atoms with E-state index in [0.717, 1.165) is 19.4 Å². The zero-order valence-corrected chi connectivity index (χ0v) is 12.6. The van der Waals surface area contributed by atoms with Gasteiger partial charge >= 0.3 is 0 Å². The zero-order valence-electron chi connectivity index (χ0n) is 11.7. The Morgan fingerprint density at radius 3 is 2.35 bits per heavy atom. The number of methoxy groups -OCH3 is 1. The van der Waals surface area contributed by atoms with E-state index in [-0.39, 0.29) is 17.4 Å². The maximum absolute atomic E-state index is 11.1. The van der Waals surface area contributed by atoms with E-state index in [1.165, 1.54) is 6.26 Å². The minimum absolute atomic E-state index is 0.189. The molecule has 104 valence electrons. The molecule has 0 amide bonds. The summed E-state index contributed by atoms with van der Waals surface area (Å²) in [6, 6.07) is 0.189. The molecule has 5 heteroatoms. The molecule has 0 aromatic carbocycles. The Bertz CT molecular complexity index is 299. The molecule has 1 unspecified atom stereocenters. The summed E-state index contributed by atoms with van der Waals surface area (Å²) in [6.45, 7) is 7.10. The normalized spacial score (nSPS) is 14.9. The molecule has 0 bridgehead atoms. The van der Waals surface area contributed by atoms with Crippen molar-refractivity contribution in [2.75, 3.05) is 25.7 Å². The van der Waals surface area contributed by atoms with Crippen LogP contribution < -0.4 is 5.32 Å². The summed E-state index contributed by atoms with van der Waals surface area (Å²) in [5.74, 6) is 0.247. The van der Waals surface area contributed by atoms with E-state index in [2.05, 4.69) is 12.2 Å². The number of ether oxygens (including phenoxy) is 1. The molecule has 0 saturated heterocycles. The fourth-order valence-electron chi connectivity index (χ4n) is 1.71. The number of nitrogens with one attached hydrogen (secondary N) is 1. The molecule has 0 rings (SSSR count). The standard InChI is InChI=1S/C12H27NO3S/c1-6-9-13-11(12(2,3)16-4)8-7-10-17(5,14)15/h11,13H,6-10H2,1-5H3. The average molecular weight is 265 g/mol. The van der Waals surface area contributed by atoms with Crippen LogP contribution in [0.3, 0.4) is 0 Å². The van der Waals surface area contributed by atoms with Gasteiger partial charge in [-0.2, -0.15) is 0 Å². The van der Waals surface area contributed by atoms with Gasteiger partial charge in [0.15, 0.2) is 0 Å². The van der Waals surface area contributed by atoms with E-state index >= 15 is 0 Å². The van der Waals surface area contributed by atoms with Gasteiger partial charge in [0, 0.05) is 25.2 Å². The predicted octanol–water partition coefficient (Wildman–Crippen LogP) is 1.60. The van der Waals surface area contributed by atoms with Crippen molar-refractivity contribution < 1.29 is 13.2 Å². The summed E-state index contributed by atoms with van der Waals surface area (Å²) in [5, 5.41) is 3.43. The highest BCUT2D eigenvalue weighted by atomic mass is 32.2. The van der Waals surface area contributed by atoms with Crippen LogP contribution in [0.25, 0.3) is 0 Å². The molecule has 0 aromatic heterocycles. The van der Waals surface area contributed by atoms with Gasteiger partial charge in [-0.25, -0.2) is 8.42 Å². The summed E-state index contributed by atoms with van der Waals surface area (Å²) >= 11 is 0. The maximum Gasteiger partial charge on any atom is 0.147 e. The summed E-state index contributed by atoms with van der Waals surface area (Å²) in [6.07, 6.45) is 3.83. The summed E-state index contributed by atoms with van der Waals surface area (Å²) in [7, 11) is -1.17. The fraction of sp³-hybridized carbons (Fsp3) is 1.00. The van der Waals surface area contributed by atoms with Crippen molar-refractivity contribution in [2.24, 2.45) is 0 Å². The Kier molecular flexibility index (Phi) is 7.28. The lowest BCUT2D eigenvalue weighted by atomic mass is 9.94. The Morgan fingerprint density at radius 2 is 1.94 bits per heavy atom. The molecule has 0 aromatic rings. The Morgan fingerprint density at radius 1 is 1.35 bits per heavy atom. The highest BCUT2D eigenvalue weighted by Gasteiger charge is 2.28. The van der Waals surface area contributed by atoms with Gasteiger partial charge in [0.2, 0.25) is 0 Å². The molecule has 0 saturated carbocycles. The molecular formula is C12H27NO3S. The van der Waals surface area contributed by atoms with Gasteiger partial charge in [-0.1, -0.05) is 6.92 Å². The lowest BCUT2D eigenvalue weighted by molar-refractivity contribution is -0.0125. The lowest BCUT2D eigenvalue weighted by Gasteiger charge is -2.34. The molecule has 17 heavy (non-hydrogen) atoms. The third-order valence-corrected chi connectivity index (χ3v) is 4.04. The smallest absolute Gasteiger partial charge is 0.147 e. The van der Waals surface area contributed by atoms with E-state index in [9.17, 15) is 8.42 Å². The average Bonchev–Trinajstić information content (AvgIpc) is 2.21. The van der Waals surface area contributed by atoms with Crippen LogP contribution in [0.15, 0.2) is 0 Å². The van der Waals surface area contributed by atoms with Gasteiger partial charge in [-0.05, 0) is 39.7 Å². The molecule has 0 fully saturated rings. The van der Waals surface area contributed by atoms with Gasteiger partial charge in [-0.3, -0.25) is 0 Å². The van der Waals surface area contributed by atoms with Gasteiger partial charge in [0.1, 0.15) is 9.84 Å². The van der Waals surface area contributed by atoms with Crippen LogP contribution in [-0.2, 0) is 14.6 Å². The van der Waals surface area contributed by atoms with E-state index in [1.54, 1.807) is 7.11 Å². The first-order valence-electron chi connectivity index (χ1n) is 6.19. The van der Waals surface area contributed by atoms with Crippen LogP contribution in [0.4, 0.5) is 0 Å². The third kappa shape index (κ3) is 7.73. The van der Waals surface area contributed by atoms with Crippen LogP contribution in [0.5, 0.6) is 0 Å². The number of rotatable bonds is 9. The van der Waals surface area contributed by atoms with Crippen molar-refractivity contribution in [3.05, 3.63) is 0 Å². The second-order valence-electron chi connectivity index (χ2n) is 5.09. The lowest BCUT2D eigenvalue weighted by Crippen LogP contribution is -2.48. The van der Waals surface area contributed by atoms with Crippen molar-refractivity contribution >= 4 is 9.84 Å². The second kappa shape index (κ2) is 7.34. The van der Waals surface area contributed by atoms with Gasteiger partial charge in [0.25, 0.3) is 0 Å². The van der Waals surface area contributed by atoms with Crippen LogP contribution >= 0.6 is 0 Å². The van der Waals surface area contributed by atoms with E-state index < -0.39 is 9.84 Å². The van der Waals surface area contributed by atoms with Crippen LogP contribution in [-0.4, -0.2) is 45.7 Å². The number of hydrogen-bond donors (Lipinski definition) is 1. The first-order valence-corrected chi connectivity index (χ1v) is 8.25. The van der Waals surface area contributed by atoms with Gasteiger partial charge < -0.3 is 10.1 Å². The monoisotopic (exact) mass is 265 g/mol. The van der Waals surface area contributed by atoms with Gasteiger partial charge in [0.05, 0.1) is 5.60 Å². The Balaban J connectivity index is 4.29. The fourth-order valence-corrected chi connectivity index (χ4v) is 2.40. The quantitative estimate of drug-likeness (QED) is 0.688. The number of hydrogen-bond acceptors (Lipinski definition) is 4. The summed E-state index contributed by atoms with van der Waals surface area (Å²) < 4.78 is 27.7. The van der Waals surface area contributed by atoms with Crippen molar-refractivity contribution in [1.29, 1.82) is 0 Å². The molecule has 0 aliphatic carbocycles. The third-order valence-electron chi connectivity index (χ3n) is 3.01. The Hall–Kier alpha value is -0.130. The zero-order chi connectivity index (χ0) is 13.5. The highest BCUT2D eigenvalue weighted by molar-refractivity contribution is 7.90. The first kappa shape index (κ1) is 16.9. The van der Waals surface area contributed by atoms with Crippen LogP contribution in [0, 0.1) is 0 Å². The molecule has 4 nitrogen and oxygen atoms in total. The van der Waals surface area contributed by atoms with E-state index in [0.29, 0.717) is 6.42 Å². The molecule has 1 atom stereocenters. The van der Waals surface area contributed by atoms with Crippen molar-refractivity contribution in [2.45, 2.75) is 51.7 Å². The first-order chi connectivity index (χ1) is 7.73. The van der Waals surface area contributed by atoms with Crippen LogP contribution in [0.2, 0.25) is 0 Å². The topological polar surface area (TPSA) is 55.4 Å². The Labute approximate surface area is 106 Å². The summed E-state index contributed by atoms with van der Waals surface area (Å²) in [4.78, 5) is 0. The van der Waals surface area contributed by atoms with Crippen molar-refractivity contribution in [3.8, 4) is 0 Å². The van der Waals surface area contributed by atoms with Crippen LogP contribution in [0.1, 0.15) is 40.0 Å². The molecule has 0 radical (unpaired) electrons. The van der Waals surface area contributed by atoms with Gasteiger partial charge in [-0.15, -0.1) is 0 Å².